The third-order valence-corrected chi connectivity index (χ3v) is 4.21. The van der Waals surface area contributed by atoms with Gasteiger partial charge in [0.05, 0.1) is 16.8 Å². The van der Waals surface area contributed by atoms with Crippen molar-refractivity contribution < 1.29 is 4.42 Å². The second kappa shape index (κ2) is 5.34. The lowest BCUT2D eigenvalue weighted by molar-refractivity contribution is 0.105. The SMILES string of the molecule is CCC(C)(C(NC)c1occc1Br)N(C)C. The summed E-state index contributed by atoms with van der Waals surface area (Å²) >= 11 is 3.53. The largest absolute Gasteiger partial charge is 0.466 e. The molecule has 3 nitrogen and oxygen atoms in total. The van der Waals surface area contributed by atoms with Crippen molar-refractivity contribution in [2.75, 3.05) is 21.1 Å². The minimum absolute atomic E-state index is 0.0229. The van der Waals surface area contributed by atoms with Crippen molar-refractivity contribution in [2.45, 2.75) is 31.8 Å². The van der Waals surface area contributed by atoms with Gasteiger partial charge in [0, 0.05) is 5.54 Å². The summed E-state index contributed by atoms with van der Waals surface area (Å²) in [5.74, 6) is 0.959. The van der Waals surface area contributed by atoms with Crippen LogP contribution in [0.15, 0.2) is 21.2 Å². The van der Waals surface area contributed by atoms with Crippen LogP contribution in [0.5, 0.6) is 0 Å². The van der Waals surface area contributed by atoms with Gasteiger partial charge in [-0.3, -0.25) is 0 Å². The molecule has 4 heteroatoms. The van der Waals surface area contributed by atoms with Crippen LogP contribution in [-0.2, 0) is 0 Å². The van der Waals surface area contributed by atoms with Gasteiger partial charge in [0.15, 0.2) is 0 Å². The Morgan fingerprint density at radius 1 is 1.56 bits per heavy atom. The number of halogens is 1. The van der Waals surface area contributed by atoms with Crippen LogP contribution in [0, 0.1) is 0 Å². The Labute approximate surface area is 106 Å². The quantitative estimate of drug-likeness (QED) is 0.903. The molecule has 2 atom stereocenters. The number of hydrogen-bond acceptors (Lipinski definition) is 3. The molecule has 0 aromatic carbocycles. The van der Waals surface area contributed by atoms with Crippen molar-refractivity contribution in [3.8, 4) is 0 Å². The van der Waals surface area contributed by atoms with Crippen LogP contribution in [-0.4, -0.2) is 31.6 Å². The lowest BCUT2D eigenvalue weighted by Gasteiger charge is -2.41. The second-order valence-electron chi connectivity index (χ2n) is 4.46. The van der Waals surface area contributed by atoms with Gasteiger partial charge in [0.25, 0.3) is 0 Å². The molecule has 16 heavy (non-hydrogen) atoms. The van der Waals surface area contributed by atoms with Gasteiger partial charge in [0.2, 0.25) is 0 Å². The van der Waals surface area contributed by atoms with E-state index in [0.717, 1.165) is 16.7 Å². The first-order valence-electron chi connectivity index (χ1n) is 5.55. The molecule has 0 aliphatic heterocycles. The van der Waals surface area contributed by atoms with Crippen molar-refractivity contribution >= 4 is 15.9 Å². The highest BCUT2D eigenvalue weighted by atomic mass is 79.9. The molecule has 2 unspecified atom stereocenters. The van der Waals surface area contributed by atoms with Gasteiger partial charge < -0.3 is 14.6 Å². The number of likely N-dealkylation sites (N-methyl/N-ethyl adjacent to an activating group) is 2. The fourth-order valence-corrected chi connectivity index (χ4v) is 2.44. The zero-order chi connectivity index (χ0) is 12.3. The summed E-state index contributed by atoms with van der Waals surface area (Å²) in [7, 11) is 6.17. The number of hydrogen-bond donors (Lipinski definition) is 1. The van der Waals surface area contributed by atoms with Gasteiger partial charge in [0.1, 0.15) is 5.76 Å². The first kappa shape index (κ1) is 13.7. The monoisotopic (exact) mass is 288 g/mol. The van der Waals surface area contributed by atoms with Crippen LogP contribution in [0.25, 0.3) is 0 Å². The summed E-state index contributed by atoms with van der Waals surface area (Å²) in [5, 5.41) is 3.35. The van der Waals surface area contributed by atoms with E-state index >= 15 is 0 Å². The fourth-order valence-electron chi connectivity index (χ4n) is 2.01. The minimum Gasteiger partial charge on any atom is -0.466 e. The number of nitrogens with zero attached hydrogens (tertiary/aromatic N) is 1. The zero-order valence-electron chi connectivity index (χ0n) is 10.7. The van der Waals surface area contributed by atoms with Gasteiger partial charge >= 0.3 is 0 Å². The molecule has 1 rings (SSSR count). The molecule has 0 saturated heterocycles. The Morgan fingerprint density at radius 3 is 2.50 bits per heavy atom. The van der Waals surface area contributed by atoms with Crippen molar-refractivity contribution in [3.05, 3.63) is 22.6 Å². The predicted octanol–water partition coefficient (Wildman–Crippen LogP) is 3.03. The predicted molar refractivity (Wildman–Crippen MR) is 70.6 cm³/mol. The summed E-state index contributed by atoms with van der Waals surface area (Å²) in [6.45, 7) is 4.43. The summed E-state index contributed by atoms with van der Waals surface area (Å²) in [5.41, 5.74) is 0.0229. The molecule has 0 aliphatic carbocycles. The van der Waals surface area contributed by atoms with Crippen molar-refractivity contribution in [3.63, 3.8) is 0 Å². The highest BCUT2D eigenvalue weighted by Gasteiger charge is 2.37. The highest BCUT2D eigenvalue weighted by molar-refractivity contribution is 9.10. The zero-order valence-corrected chi connectivity index (χ0v) is 12.3. The molecule has 1 aromatic heterocycles. The molecule has 1 N–H and O–H groups in total. The maximum absolute atomic E-state index is 5.58. The maximum atomic E-state index is 5.58. The number of nitrogens with one attached hydrogen (secondary N) is 1. The normalized spacial score (nSPS) is 17.4. The molecule has 0 fully saturated rings. The average Bonchev–Trinajstić information content (AvgIpc) is 2.65. The molecule has 0 saturated carbocycles. The van der Waals surface area contributed by atoms with Gasteiger partial charge in [-0.05, 0) is 56.5 Å². The van der Waals surface area contributed by atoms with Crippen LogP contribution < -0.4 is 5.32 Å². The van der Waals surface area contributed by atoms with Crippen LogP contribution in [0.4, 0.5) is 0 Å². The molecule has 0 radical (unpaired) electrons. The van der Waals surface area contributed by atoms with E-state index < -0.39 is 0 Å². The van der Waals surface area contributed by atoms with Crippen LogP contribution in [0.2, 0.25) is 0 Å². The van der Waals surface area contributed by atoms with Crippen molar-refractivity contribution in [2.24, 2.45) is 0 Å². The summed E-state index contributed by atoms with van der Waals surface area (Å²) in [6, 6.07) is 2.10. The molecule has 1 aromatic rings. The fraction of sp³-hybridized carbons (Fsp3) is 0.667. The first-order chi connectivity index (χ1) is 7.47. The first-order valence-corrected chi connectivity index (χ1v) is 6.34. The van der Waals surface area contributed by atoms with Crippen LogP contribution >= 0.6 is 15.9 Å². The number of rotatable bonds is 5. The average molecular weight is 289 g/mol. The van der Waals surface area contributed by atoms with E-state index in [4.69, 9.17) is 4.42 Å². The molecule has 1 heterocycles. The van der Waals surface area contributed by atoms with Crippen LogP contribution in [0.3, 0.4) is 0 Å². The van der Waals surface area contributed by atoms with Crippen molar-refractivity contribution in [1.82, 2.24) is 10.2 Å². The third kappa shape index (κ3) is 2.34. The standard InChI is InChI=1S/C12H21BrN2O/c1-6-12(2,15(4)5)11(14-3)10-9(13)7-8-16-10/h7-8,11,14H,6H2,1-5H3. The smallest absolute Gasteiger partial charge is 0.136 e. The lowest BCUT2D eigenvalue weighted by atomic mass is 9.86. The van der Waals surface area contributed by atoms with Gasteiger partial charge in [-0.2, -0.15) is 0 Å². The Kier molecular flexibility index (Phi) is 4.59. The third-order valence-electron chi connectivity index (χ3n) is 3.55. The highest BCUT2D eigenvalue weighted by Crippen LogP contribution is 2.36. The summed E-state index contributed by atoms with van der Waals surface area (Å²) < 4.78 is 6.60. The van der Waals surface area contributed by atoms with E-state index in [1.54, 1.807) is 6.26 Å². The van der Waals surface area contributed by atoms with Gasteiger partial charge in [-0.25, -0.2) is 0 Å². The van der Waals surface area contributed by atoms with E-state index in [1.807, 2.05) is 13.1 Å². The molecular formula is C12H21BrN2O. The van der Waals surface area contributed by atoms with E-state index in [1.165, 1.54) is 0 Å². The summed E-state index contributed by atoms with van der Waals surface area (Å²) in [6.07, 6.45) is 2.76. The van der Waals surface area contributed by atoms with E-state index in [9.17, 15) is 0 Å². The van der Waals surface area contributed by atoms with Crippen molar-refractivity contribution in [1.29, 1.82) is 0 Å². The van der Waals surface area contributed by atoms with Gasteiger partial charge in [-0.1, -0.05) is 6.92 Å². The molecule has 0 bridgehead atoms. The van der Waals surface area contributed by atoms with Crippen LogP contribution in [0.1, 0.15) is 32.1 Å². The molecular weight excluding hydrogens is 268 g/mol. The Hall–Kier alpha value is -0.320. The Balaban J connectivity index is 3.11. The Bertz CT molecular complexity index is 338. The lowest BCUT2D eigenvalue weighted by Crippen LogP contribution is -2.50. The molecule has 92 valence electrons. The minimum atomic E-state index is 0.0229. The summed E-state index contributed by atoms with van der Waals surface area (Å²) in [4.78, 5) is 2.24. The molecule has 0 spiro atoms. The number of furan rings is 1. The van der Waals surface area contributed by atoms with E-state index in [2.05, 4.69) is 54.1 Å². The van der Waals surface area contributed by atoms with Gasteiger partial charge in [-0.15, -0.1) is 0 Å². The van der Waals surface area contributed by atoms with E-state index in [0.29, 0.717) is 0 Å². The maximum Gasteiger partial charge on any atom is 0.136 e. The Morgan fingerprint density at radius 2 is 2.19 bits per heavy atom. The molecule has 0 amide bonds. The second-order valence-corrected chi connectivity index (χ2v) is 5.31. The topological polar surface area (TPSA) is 28.4 Å². The van der Waals surface area contributed by atoms with E-state index in [-0.39, 0.29) is 11.6 Å². The molecule has 0 aliphatic rings.